The molecule has 41 heavy (non-hydrogen) atoms. The number of rotatable bonds is 5. The van der Waals surface area contributed by atoms with Crippen LogP contribution in [0.5, 0.6) is 0 Å². The van der Waals surface area contributed by atoms with E-state index in [0.717, 1.165) is 0 Å². The van der Waals surface area contributed by atoms with Crippen LogP contribution in [0.2, 0.25) is 0 Å². The van der Waals surface area contributed by atoms with Crippen LogP contribution in [0.25, 0.3) is 35.4 Å². The van der Waals surface area contributed by atoms with E-state index < -0.39 is 0 Å². The molecule has 0 heterocycles. The molecule has 4 rings (SSSR count). The smallest absolute Gasteiger partial charge is 0 e. The van der Waals surface area contributed by atoms with Crippen molar-refractivity contribution < 1.29 is 131 Å². The first-order chi connectivity index (χ1) is 17.3. The predicted octanol–water partition coefficient (Wildman–Crippen LogP) is 12.1. The Morgan fingerprint density at radius 2 is 0.561 bits per heavy atom. The summed E-state index contributed by atoms with van der Waals surface area (Å²) in [4.78, 5) is 0. The Balaban J connectivity index is -0.000000218. The van der Waals surface area contributed by atoms with Gasteiger partial charge in [0.15, 0.2) is 0 Å². The third-order valence-electron chi connectivity index (χ3n) is 4.69. The molecule has 0 aliphatic rings. The van der Waals surface area contributed by atoms with Crippen molar-refractivity contribution in [2.45, 2.75) is 48.0 Å². The second kappa shape index (κ2) is 37.0. The quantitative estimate of drug-likeness (QED) is 0.139. The van der Waals surface area contributed by atoms with Crippen molar-refractivity contribution in [2.24, 2.45) is 0 Å². The van der Waals surface area contributed by atoms with Crippen molar-refractivity contribution in [3.8, 4) is 11.1 Å². The fraction of sp³-hybridized carbons (Fsp3) is 0.189. The van der Waals surface area contributed by atoms with E-state index in [4.69, 9.17) is 0 Å². The summed E-state index contributed by atoms with van der Waals surface area (Å²) in [6.45, 7) is 12.2. The molecule has 0 bridgehead atoms. The summed E-state index contributed by atoms with van der Waals surface area (Å²) in [5, 5.41) is 0. The molecule has 0 nitrogen and oxygen atoms in total. The molecule has 0 spiro atoms. The third-order valence-corrected chi connectivity index (χ3v) is 4.69. The van der Waals surface area contributed by atoms with E-state index in [1.54, 1.807) is 0 Å². The molecule has 4 radical (unpaired) electrons. The van der Waals surface area contributed by atoms with Crippen molar-refractivity contribution >= 4 is 24.3 Å². The number of hydrogen-bond donors (Lipinski definition) is 0. The monoisotopic (exact) mass is 848 g/mol. The van der Waals surface area contributed by atoms with Crippen LogP contribution in [0.3, 0.4) is 0 Å². The molecule has 0 aromatic heterocycles. The summed E-state index contributed by atoms with van der Waals surface area (Å²) >= 11 is 0. The van der Waals surface area contributed by atoms with Crippen LogP contribution < -0.4 is 0 Å². The van der Waals surface area contributed by atoms with Crippen molar-refractivity contribution in [2.75, 3.05) is 0 Å². The average molecular weight is 848 g/mol. The number of hydrogen-bond acceptors (Lipinski definition) is 0. The molecule has 0 unspecified atom stereocenters. The maximum absolute atomic E-state index is 2.18. The molecule has 0 saturated carbocycles. The van der Waals surface area contributed by atoms with E-state index in [9.17, 15) is 0 Å². The van der Waals surface area contributed by atoms with E-state index in [1.165, 1.54) is 39.8 Å². The first-order valence-electron chi connectivity index (χ1n) is 12.9. The summed E-state index contributed by atoms with van der Waals surface area (Å²) in [5.74, 6) is 0. The zero-order valence-corrected chi connectivity index (χ0v) is 38.1. The van der Waals surface area contributed by atoms with E-state index >= 15 is 0 Å². The van der Waals surface area contributed by atoms with Gasteiger partial charge >= 0.3 is 0 Å². The van der Waals surface area contributed by atoms with Crippen LogP contribution >= 0.6 is 0 Å². The Kier molecular flexibility index (Phi) is 48.9. The molecule has 0 fully saturated rings. The van der Waals surface area contributed by atoms with Crippen LogP contribution in [0.4, 0.5) is 0 Å². The summed E-state index contributed by atoms with van der Waals surface area (Å²) in [6, 6.07) is 38.1. The van der Waals surface area contributed by atoms with Gasteiger partial charge in [-0.3, -0.25) is 0 Å². The Bertz CT molecular complexity index is 996. The second-order valence-corrected chi connectivity index (χ2v) is 7.44. The van der Waals surface area contributed by atoms with Crippen LogP contribution in [0, 0.1) is 14.9 Å². The van der Waals surface area contributed by atoms with Crippen LogP contribution in [-0.4, -0.2) is 0 Å². The minimum atomic E-state index is 0. The van der Waals surface area contributed by atoms with Gasteiger partial charge < -0.3 is 14.9 Å². The van der Waals surface area contributed by atoms with Gasteiger partial charge in [-0.25, -0.2) is 0 Å². The molecule has 210 valence electrons. The zero-order valence-electron chi connectivity index (χ0n) is 26.7. The molecule has 0 amide bonds. The van der Waals surface area contributed by atoms with Gasteiger partial charge in [0, 0.05) is 131 Å². The summed E-state index contributed by atoms with van der Waals surface area (Å²) in [6.07, 6.45) is 9.83. The van der Waals surface area contributed by atoms with Gasteiger partial charge in [-0.2, -0.15) is 0 Å². The van der Waals surface area contributed by atoms with Gasteiger partial charge in [0.2, 0.25) is 0 Å². The average Bonchev–Trinajstić information content (AvgIpc) is 2.95. The largest absolute Gasteiger partial charge is 0.358 e. The normalized spacial score (nSPS) is 8.44. The zero-order chi connectivity index (χ0) is 25.7. The minimum Gasteiger partial charge on any atom is -0.358 e. The second-order valence-electron chi connectivity index (χ2n) is 7.44. The molecular weight excluding hydrogens is 800 g/mol. The molecule has 0 N–H and O–H groups in total. The van der Waals surface area contributed by atoms with Crippen molar-refractivity contribution in [1.29, 1.82) is 0 Å². The first kappa shape index (κ1) is 54.3. The SMILES string of the molecule is C(=Cc1ccc(-c2ccc(C=Cc3ccccc3)cc2)cc1)c1ccccc1.CC.CC.CCC.[CH3-].[CH3-].[Y].[Y].[Y].[Y]. The predicted molar refractivity (Wildman–Crippen MR) is 174 cm³/mol. The Morgan fingerprint density at radius 1 is 0.366 bits per heavy atom. The van der Waals surface area contributed by atoms with E-state index in [0.29, 0.717) is 0 Å². The van der Waals surface area contributed by atoms with Gasteiger partial charge in [0.25, 0.3) is 0 Å². The van der Waals surface area contributed by atoms with Crippen LogP contribution in [-0.2, 0) is 131 Å². The van der Waals surface area contributed by atoms with E-state index in [2.05, 4.69) is 135 Å². The van der Waals surface area contributed by atoms with E-state index in [-0.39, 0.29) is 146 Å². The first-order valence-corrected chi connectivity index (χ1v) is 12.9. The topological polar surface area (TPSA) is 0 Å². The molecule has 4 aromatic rings. The minimum absolute atomic E-state index is 0. The number of benzene rings is 4. The fourth-order valence-corrected chi connectivity index (χ4v) is 3.09. The summed E-state index contributed by atoms with van der Waals surface area (Å²) < 4.78 is 0. The van der Waals surface area contributed by atoms with Gasteiger partial charge in [-0.1, -0.05) is 181 Å². The Labute approximate surface area is 355 Å². The summed E-state index contributed by atoms with van der Waals surface area (Å²) in [5.41, 5.74) is 7.30. The van der Waals surface area contributed by atoms with Crippen LogP contribution in [0.15, 0.2) is 109 Å². The van der Waals surface area contributed by atoms with Gasteiger partial charge in [-0.05, 0) is 33.4 Å². The van der Waals surface area contributed by atoms with E-state index in [1.807, 2.05) is 39.8 Å². The molecule has 0 aliphatic heterocycles. The molecule has 0 atom stereocenters. The Morgan fingerprint density at radius 3 is 0.780 bits per heavy atom. The molecule has 4 heteroatoms. The molecule has 0 saturated heterocycles. The molecular formula is C37H48Y4-2. The third kappa shape index (κ3) is 23.8. The van der Waals surface area contributed by atoms with Gasteiger partial charge in [-0.15, -0.1) is 0 Å². The summed E-state index contributed by atoms with van der Waals surface area (Å²) in [7, 11) is 0. The van der Waals surface area contributed by atoms with Gasteiger partial charge in [0.05, 0.1) is 0 Å². The maximum Gasteiger partial charge on any atom is 0 e. The maximum atomic E-state index is 2.18. The fourth-order valence-electron chi connectivity index (χ4n) is 3.09. The van der Waals surface area contributed by atoms with Crippen molar-refractivity contribution in [3.05, 3.63) is 146 Å². The Hall–Kier alpha value is 0.776. The standard InChI is InChI=1S/C28H22.C3H8.2C2H6.2CH3.4Y/c1-3-7-23(8-4-1)11-13-25-15-19-27(20-16-25)28-21-17-26(18-22-28)14-12-24-9-5-2-6-10-24;1-3-2;2*1-2;;;;;;/h1-22H;3H2,1-2H3;2*1-2H3;2*1H3;;;;/q;;;;2*-1;;;;. The van der Waals surface area contributed by atoms with Crippen molar-refractivity contribution in [3.63, 3.8) is 0 Å². The van der Waals surface area contributed by atoms with Crippen LogP contribution in [0.1, 0.15) is 70.2 Å². The van der Waals surface area contributed by atoms with Crippen molar-refractivity contribution in [1.82, 2.24) is 0 Å². The molecule has 0 aliphatic carbocycles. The molecule has 4 aromatic carbocycles. The van der Waals surface area contributed by atoms with Gasteiger partial charge in [0.1, 0.15) is 0 Å².